The normalized spacial score (nSPS) is 35.5. The molecule has 1 amide bonds. The van der Waals surface area contributed by atoms with Crippen LogP contribution in [0, 0.1) is 6.92 Å². The maximum Gasteiger partial charge on any atom is 0.420 e. The number of aryl methyl sites for hydroxylation is 1. The number of pyridine rings is 1. The third kappa shape index (κ3) is 1.10. The van der Waals surface area contributed by atoms with E-state index >= 15 is 0 Å². The molecule has 1 unspecified atom stereocenters. The van der Waals surface area contributed by atoms with E-state index < -0.39 is 5.66 Å². The smallest absolute Gasteiger partial charge is 0.290 e. The van der Waals surface area contributed by atoms with Crippen molar-refractivity contribution in [2.45, 2.75) is 25.4 Å². The van der Waals surface area contributed by atoms with E-state index in [1.165, 1.54) is 6.07 Å². The molecule has 2 aliphatic rings. The molecule has 1 aromatic rings. The zero-order valence-corrected chi connectivity index (χ0v) is 10.1. The van der Waals surface area contributed by atoms with E-state index in [2.05, 4.69) is 5.32 Å². The van der Waals surface area contributed by atoms with Crippen molar-refractivity contribution in [3.05, 3.63) is 34.2 Å². The molecule has 1 N–H and O–H groups in total. The minimum atomic E-state index is -0.443. The minimum Gasteiger partial charge on any atom is -0.290 e. The quantitative estimate of drug-likeness (QED) is 0.543. The number of carbonyl (C=O) groups excluding carboxylic acids is 1. The van der Waals surface area contributed by atoms with Gasteiger partial charge in [-0.15, -0.1) is 4.59 Å². The van der Waals surface area contributed by atoms with Crippen molar-refractivity contribution in [2.75, 3.05) is 13.6 Å². The van der Waals surface area contributed by atoms with Crippen LogP contribution in [0.5, 0.6) is 0 Å². The molecule has 0 aromatic carbocycles. The van der Waals surface area contributed by atoms with Gasteiger partial charge >= 0.3 is 11.6 Å². The van der Waals surface area contributed by atoms with Crippen molar-refractivity contribution >= 4 is 5.91 Å². The van der Waals surface area contributed by atoms with E-state index in [-0.39, 0.29) is 15.9 Å². The van der Waals surface area contributed by atoms with E-state index in [4.69, 9.17) is 0 Å². The Hall–Kier alpha value is -1.46. The fraction of sp³-hybridized carbons (Fsp3) is 0.500. The lowest BCUT2D eigenvalue weighted by atomic mass is 10.2. The van der Waals surface area contributed by atoms with Gasteiger partial charge in [0.05, 0.1) is 12.4 Å². The Morgan fingerprint density at radius 3 is 2.82 bits per heavy atom. The Kier molecular flexibility index (Phi) is 1.92. The molecule has 0 saturated carbocycles. The second-order valence-corrected chi connectivity index (χ2v) is 5.03. The van der Waals surface area contributed by atoms with Crippen LogP contribution >= 0.6 is 0 Å². The fourth-order valence-corrected chi connectivity index (χ4v) is 2.89. The van der Waals surface area contributed by atoms with E-state index in [0.717, 1.165) is 19.4 Å². The minimum absolute atomic E-state index is 0.00980. The maximum absolute atomic E-state index is 12.2. The van der Waals surface area contributed by atoms with E-state index in [1.807, 2.05) is 11.7 Å². The van der Waals surface area contributed by atoms with Crippen molar-refractivity contribution in [2.24, 2.45) is 0 Å². The summed E-state index contributed by atoms with van der Waals surface area (Å²) < 4.78 is 2.05. The number of nitrogens with zero attached hydrogens (tertiary/aromatic N) is 2. The first-order valence-electron chi connectivity index (χ1n) is 5.89. The van der Waals surface area contributed by atoms with Gasteiger partial charge in [-0.3, -0.25) is 10.1 Å². The molecular formula is C12H16N3O2+. The number of hydrogen-bond donors (Lipinski definition) is 1. The molecule has 5 heteroatoms. The highest BCUT2D eigenvalue weighted by atomic mass is 16.2. The van der Waals surface area contributed by atoms with Crippen LogP contribution in [-0.2, 0) is 4.79 Å². The topological polar surface area (TPSA) is 51.1 Å². The van der Waals surface area contributed by atoms with Gasteiger partial charge in [-0.25, -0.2) is 4.79 Å². The van der Waals surface area contributed by atoms with Gasteiger partial charge < -0.3 is 0 Å². The lowest BCUT2D eigenvalue weighted by Gasteiger charge is -2.18. The van der Waals surface area contributed by atoms with Crippen LogP contribution in [0.15, 0.2) is 23.3 Å². The van der Waals surface area contributed by atoms with Crippen molar-refractivity contribution in [1.29, 1.82) is 0 Å². The van der Waals surface area contributed by atoms with Gasteiger partial charge in [-0.1, -0.05) is 0 Å². The first-order chi connectivity index (χ1) is 8.02. The van der Waals surface area contributed by atoms with Crippen molar-refractivity contribution in [3.8, 4) is 0 Å². The highest BCUT2D eigenvalue weighted by Crippen LogP contribution is 2.43. The predicted molar refractivity (Wildman–Crippen MR) is 63.9 cm³/mol. The number of nitrogens with one attached hydrogen (secondary N) is 1. The first kappa shape index (κ1) is 10.7. The summed E-state index contributed by atoms with van der Waals surface area (Å²) in [4.78, 5) is 23.6. The van der Waals surface area contributed by atoms with Crippen molar-refractivity contribution in [3.63, 3.8) is 0 Å². The molecule has 0 radical (unpaired) electrons. The highest BCUT2D eigenvalue weighted by Gasteiger charge is 2.82. The van der Waals surface area contributed by atoms with Gasteiger partial charge in [0.15, 0.2) is 5.43 Å². The Balaban J connectivity index is 2.08. The molecule has 5 nitrogen and oxygen atoms in total. The molecule has 3 rings (SSSR count). The molecule has 2 fully saturated rings. The van der Waals surface area contributed by atoms with Crippen LogP contribution < -0.4 is 15.3 Å². The molecule has 3 heterocycles. The predicted octanol–water partition coefficient (Wildman–Crippen LogP) is -0.155. The van der Waals surface area contributed by atoms with Crippen LogP contribution in [0.25, 0.3) is 0 Å². The summed E-state index contributed by atoms with van der Waals surface area (Å²) in [6, 6.07) is 1.52. The molecule has 0 bridgehead atoms. The number of likely N-dealkylation sites (N-methyl/N-ethyl adjacent to an activating group) is 1. The molecule has 0 aliphatic carbocycles. The van der Waals surface area contributed by atoms with Crippen LogP contribution in [-0.4, -0.2) is 29.8 Å². The van der Waals surface area contributed by atoms with E-state index in [1.54, 1.807) is 19.3 Å². The van der Waals surface area contributed by atoms with Gasteiger partial charge in [0.1, 0.15) is 7.05 Å². The number of aromatic nitrogens is 1. The maximum atomic E-state index is 12.2. The molecular weight excluding hydrogens is 218 g/mol. The van der Waals surface area contributed by atoms with Gasteiger partial charge in [0.25, 0.3) is 0 Å². The average molecular weight is 234 g/mol. The van der Waals surface area contributed by atoms with Gasteiger partial charge in [-0.05, 0) is 13.3 Å². The second-order valence-electron chi connectivity index (χ2n) is 5.03. The summed E-state index contributed by atoms with van der Waals surface area (Å²) in [5.41, 5.74) is 0.233. The van der Waals surface area contributed by atoms with Crippen LogP contribution in [0.4, 0.5) is 0 Å². The Morgan fingerprint density at radius 2 is 2.24 bits per heavy atom. The first-order valence-corrected chi connectivity index (χ1v) is 5.89. The molecule has 2 saturated heterocycles. The summed E-state index contributed by atoms with van der Waals surface area (Å²) in [6.45, 7) is 2.66. The summed E-state index contributed by atoms with van der Waals surface area (Å²) in [5.74, 6) is 0.179. The summed E-state index contributed by atoms with van der Waals surface area (Å²) in [7, 11) is 1.89. The van der Waals surface area contributed by atoms with Crippen molar-refractivity contribution in [1.82, 2.24) is 14.6 Å². The van der Waals surface area contributed by atoms with Crippen LogP contribution in [0.3, 0.4) is 0 Å². The number of hydrogen-bond acceptors (Lipinski definition) is 3. The fourth-order valence-electron chi connectivity index (χ4n) is 2.89. The zero-order chi connectivity index (χ0) is 12.3. The SMILES string of the molecule is Cc1cn([N+]2(C)C(=O)[C@]23CCCN3)ccc1=O. The zero-order valence-electron chi connectivity index (χ0n) is 10.1. The van der Waals surface area contributed by atoms with Gasteiger partial charge in [0, 0.05) is 24.6 Å². The van der Waals surface area contributed by atoms with Crippen LogP contribution in [0.2, 0.25) is 0 Å². The van der Waals surface area contributed by atoms with Gasteiger partial charge in [0.2, 0.25) is 0 Å². The van der Waals surface area contributed by atoms with Crippen LogP contribution in [0.1, 0.15) is 18.4 Å². The Labute approximate surface area is 99.2 Å². The van der Waals surface area contributed by atoms with E-state index in [9.17, 15) is 9.59 Å². The number of carbonyl (C=O) groups is 1. The molecule has 1 spiro atoms. The average Bonchev–Trinajstić information content (AvgIpc) is 2.74. The summed E-state index contributed by atoms with van der Waals surface area (Å²) in [5, 5.41) is 3.30. The monoisotopic (exact) mass is 234 g/mol. The second kappa shape index (κ2) is 3.05. The lowest BCUT2D eigenvalue weighted by Crippen LogP contribution is -2.47. The highest BCUT2D eigenvalue weighted by molar-refractivity contribution is 6.08. The Bertz CT molecular complexity index is 557. The Morgan fingerprint density at radius 1 is 1.47 bits per heavy atom. The molecule has 1 aromatic heterocycles. The lowest BCUT2D eigenvalue weighted by molar-refractivity contribution is -0.115. The molecule has 90 valence electrons. The summed E-state index contributed by atoms with van der Waals surface area (Å²) >= 11 is 0. The molecule has 2 aliphatic heterocycles. The largest absolute Gasteiger partial charge is 0.420 e. The standard InChI is InChI=1S/C12H16N3O2/c1-9-8-14(7-4-10(9)16)15(2)11(17)12(15)5-3-6-13-12/h4,7-8,13H,3,5-6H2,1-2H3/q+1/t12-,15?/m0/s1. The summed E-state index contributed by atoms with van der Waals surface area (Å²) in [6.07, 6.45) is 5.35. The third-order valence-corrected chi connectivity index (χ3v) is 4.13. The van der Waals surface area contributed by atoms with Crippen molar-refractivity contribution < 1.29 is 4.79 Å². The van der Waals surface area contributed by atoms with E-state index in [0.29, 0.717) is 5.56 Å². The molecule has 17 heavy (non-hydrogen) atoms. The number of amides is 1. The number of quaternary nitrogens is 1. The third-order valence-electron chi connectivity index (χ3n) is 4.13. The molecule has 2 atom stereocenters. The number of rotatable bonds is 1. The van der Waals surface area contributed by atoms with Gasteiger partial charge in [-0.2, -0.15) is 4.68 Å².